The van der Waals surface area contributed by atoms with Gasteiger partial charge in [0.1, 0.15) is 17.4 Å². The summed E-state index contributed by atoms with van der Waals surface area (Å²) in [7, 11) is 0. The molecule has 0 amide bonds. The van der Waals surface area contributed by atoms with Crippen molar-refractivity contribution in [2.75, 3.05) is 0 Å². The molecule has 0 aliphatic rings. The highest BCUT2D eigenvalue weighted by atomic mass is 32.1. The molecule has 1 aromatic carbocycles. The Balaban J connectivity index is 0. The number of pyridine rings is 7. The van der Waals surface area contributed by atoms with Crippen molar-refractivity contribution in [3.05, 3.63) is 269 Å². The lowest BCUT2D eigenvalue weighted by atomic mass is 9.85. The van der Waals surface area contributed by atoms with Gasteiger partial charge >= 0.3 is 0 Å². The Morgan fingerprint density at radius 2 is 0.731 bits per heavy atom. The van der Waals surface area contributed by atoms with Crippen molar-refractivity contribution < 1.29 is 4.52 Å². The average molecular weight is 1510 g/mol. The summed E-state index contributed by atoms with van der Waals surface area (Å²) in [6.07, 6.45) is 27.4. The van der Waals surface area contributed by atoms with Crippen molar-refractivity contribution in [2.24, 2.45) is 0 Å². The quantitative estimate of drug-likeness (QED) is 0.143. The van der Waals surface area contributed by atoms with Crippen LogP contribution in [0.25, 0.3) is 36.9 Å². The van der Waals surface area contributed by atoms with E-state index in [9.17, 15) is 0 Å². The molecule has 0 saturated carbocycles. The van der Waals surface area contributed by atoms with E-state index in [1.54, 1.807) is 47.7 Å². The van der Waals surface area contributed by atoms with Gasteiger partial charge in [-0.3, -0.25) is 24.9 Å². The molecule has 0 unspecified atom stereocenters. The minimum atomic E-state index is 0. The van der Waals surface area contributed by atoms with Gasteiger partial charge in [0.05, 0.1) is 33.6 Å². The molecular weight excluding hydrogens is 1360 g/mol. The van der Waals surface area contributed by atoms with Crippen LogP contribution in [-0.4, -0.2) is 54.6 Å². The Labute approximate surface area is 664 Å². The molecule has 0 aliphatic carbocycles. The second-order valence-corrected chi connectivity index (χ2v) is 36.2. The number of benzene rings is 1. The molecule has 12 heterocycles. The van der Waals surface area contributed by atoms with E-state index in [-0.39, 0.29) is 93.3 Å². The summed E-state index contributed by atoms with van der Waals surface area (Å²) < 4.78 is 7.94. The predicted molar refractivity (Wildman–Crippen MR) is 476 cm³/mol. The molecule has 13 aromatic rings. The molecule has 0 saturated heterocycles. The number of para-hydroxylation sites is 1. The van der Waals surface area contributed by atoms with Crippen molar-refractivity contribution in [3.63, 3.8) is 0 Å². The van der Waals surface area contributed by atoms with Gasteiger partial charge in [0.2, 0.25) is 0 Å². The molecule has 0 bridgehead atoms. The number of hydrogen-bond acceptors (Lipinski definition) is 13. The zero-order chi connectivity index (χ0) is 76.0. The molecular formula is C94H141N11OS2. The third-order valence-corrected chi connectivity index (χ3v) is 18.1. The normalized spacial score (nSPS) is 11.2. The number of rotatable bonds is 0. The van der Waals surface area contributed by atoms with Crippen LogP contribution in [-0.2, 0) is 48.7 Å². The molecule has 590 valence electrons. The number of nitrogens with zero attached hydrogens (tertiary/aromatic N) is 11. The maximum absolute atomic E-state index is 4.69. The first-order valence-corrected chi connectivity index (χ1v) is 36.9. The Morgan fingerprint density at radius 3 is 1.13 bits per heavy atom. The summed E-state index contributed by atoms with van der Waals surface area (Å²) in [5.74, 6) is 0. The topological polar surface area (TPSA) is 146 Å². The molecule has 0 radical (unpaired) electrons. The van der Waals surface area contributed by atoms with Crippen molar-refractivity contribution in [1.82, 2.24) is 54.6 Å². The van der Waals surface area contributed by atoms with Crippen LogP contribution in [0, 0.1) is 0 Å². The van der Waals surface area contributed by atoms with E-state index in [4.69, 9.17) is 4.52 Å². The van der Waals surface area contributed by atoms with E-state index >= 15 is 0 Å². The Morgan fingerprint density at radius 1 is 0.315 bits per heavy atom. The van der Waals surface area contributed by atoms with Gasteiger partial charge in [0, 0.05) is 101 Å². The standard InChI is InChI=1S/C13H15N.C11H14N2.2C11H13NS.3C9H13N.C8H12N2.C7H11NO.6CH4/c1-13(2,3)11-8-9-14-12-7-5-4-6-10(11)12;1-11(2,3)9-8-12-13-7-5-4-6-10(9)13;1-11(2,3)9-4-6-12-10-8(9)5-7-13-10;1-11(2,3)8-4-6-12-9-5-7-13-10(8)9;3*1-9(2,3)8-4-6-10-7-5-8;1-8(2,3)7-4-5-9-6-10-7;1-7(2,3)6-4-8-9-5-6;;;;;;/h4-9H,1-3H3;4-8H,1-3H3;2*4-7H,1-3H3;3*4-7H,1-3H3;4-6H,1-3H3;4-5H,1-3H3;6*1H4. The first-order chi connectivity index (χ1) is 47.4. The largest absolute Gasteiger partial charge is 0.364 e. The minimum absolute atomic E-state index is 0. The van der Waals surface area contributed by atoms with E-state index < -0.39 is 0 Å². The van der Waals surface area contributed by atoms with Gasteiger partial charge < -0.3 is 4.52 Å². The molecule has 13 rings (SSSR count). The van der Waals surface area contributed by atoms with Crippen LogP contribution in [0.2, 0.25) is 0 Å². The van der Waals surface area contributed by atoms with E-state index in [1.807, 2.05) is 96.9 Å². The van der Waals surface area contributed by atoms with E-state index in [1.165, 1.54) is 59.9 Å². The molecule has 12 nitrogen and oxygen atoms in total. The number of thiophene rings is 2. The molecule has 0 fully saturated rings. The predicted octanol–water partition coefficient (Wildman–Crippen LogP) is 28.1. The molecule has 0 atom stereocenters. The van der Waals surface area contributed by atoms with E-state index in [0.717, 1.165) is 27.1 Å². The third kappa shape index (κ3) is 33.0. The SMILES string of the molecule is C.C.C.C.C.C.CC(C)(C)c1ccnc2ccccc12.CC(C)(C)c1ccnc2ccsc12.CC(C)(C)c1ccnc2sccc12.CC(C)(C)c1ccncc1.CC(C)(C)c1ccncc1.CC(C)(C)c1ccncc1.CC(C)(C)c1ccncn1.CC(C)(C)c1cnn2ccccc12.CC(C)(C)c1cnoc1. The highest BCUT2D eigenvalue weighted by molar-refractivity contribution is 7.17. The number of aromatic nitrogens is 11. The summed E-state index contributed by atoms with van der Waals surface area (Å²) in [5, 5.41) is 14.7. The van der Waals surface area contributed by atoms with Crippen LogP contribution in [0.3, 0.4) is 0 Å². The van der Waals surface area contributed by atoms with Gasteiger partial charge in [-0.2, -0.15) is 5.10 Å². The monoisotopic (exact) mass is 1500 g/mol. The van der Waals surface area contributed by atoms with Crippen molar-refractivity contribution in [3.8, 4) is 0 Å². The summed E-state index contributed by atoms with van der Waals surface area (Å²) in [6.45, 7) is 59.3. The first-order valence-electron chi connectivity index (χ1n) is 35.2. The average Bonchev–Trinajstić information content (AvgIpc) is 1.40. The van der Waals surface area contributed by atoms with Crippen LogP contribution in [0.4, 0.5) is 0 Å². The molecule has 0 aliphatic heterocycles. The Bertz CT molecular complexity index is 4210. The van der Waals surface area contributed by atoms with Crippen molar-refractivity contribution >= 4 is 59.5 Å². The van der Waals surface area contributed by atoms with Gasteiger partial charge in [0.15, 0.2) is 0 Å². The van der Waals surface area contributed by atoms with E-state index in [0.29, 0.717) is 0 Å². The van der Waals surface area contributed by atoms with Gasteiger partial charge in [-0.15, -0.1) is 22.7 Å². The maximum atomic E-state index is 4.69. The minimum Gasteiger partial charge on any atom is -0.364 e. The summed E-state index contributed by atoms with van der Waals surface area (Å²) in [5.41, 5.74) is 16.9. The van der Waals surface area contributed by atoms with Gasteiger partial charge in [-0.25, -0.2) is 19.5 Å². The summed E-state index contributed by atoms with van der Waals surface area (Å²) in [6, 6.07) is 39.3. The second kappa shape index (κ2) is 44.1. The lowest BCUT2D eigenvalue weighted by Gasteiger charge is -2.20. The van der Waals surface area contributed by atoms with Crippen LogP contribution in [0.5, 0.6) is 0 Å². The Kier molecular flexibility index (Phi) is 41.3. The van der Waals surface area contributed by atoms with Gasteiger partial charge in [-0.1, -0.05) is 261 Å². The fourth-order valence-electron chi connectivity index (χ4n) is 10.1. The molecule has 14 heteroatoms. The molecule has 108 heavy (non-hydrogen) atoms. The van der Waals surface area contributed by atoms with Gasteiger partial charge in [-0.05, 0) is 178 Å². The molecule has 0 spiro atoms. The van der Waals surface area contributed by atoms with Crippen LogP contribution < -0.4 is 0 Å². The number of hydrogen-bond donors (Lipinski definition) is 0. The zero-order valence-electron chi connectivity index (χ0n) is 66.4. The Hall–Kier alpha value is -8.72. The lowest BCUT2D eigenvalue weighted by Crippen LogP contribution is -2.12. The fourth-order valence-corrected chi connectivity index (χ4v) is 12.0. The van der Waals surface area contributed by atoms with Gasteiger partial charge in [0.25, 0.3) is 0 Å². The van der Waals surface area contributed by atoms with Crippen molar-refractivity contribution in [1.29, 1.82) is 0 Å². The highest BCUT2D eigenvalue weighted by Gasteiger charge is 2.22. The second-order valence-electron chi connectivity index (χ2n) is 34.4. The smallest absolute Gasteiger partial charge is 0.127 e. The van der Waals surface area contributed by atoms with Crippen LogP contribution >= 0.6 is 22.7 Å². The fraction of sp³-hybridized carbons (Fsp3) is 0.447. The molecule has 12 aromatic heterocycles. The van der Waals surface area contributed by atoms with Crippen LogP contribution in [0.1, 0.15) is 282 Å². The van der Waals surface area contributed by atoms with Crippen molar-refractivity contribution in [2.45, 2.75) is 280 Å². The highest BCUT2D eigenvalue weighted by Crippen LogP contribution is 2.34. The molecule has 0 N–H and O–H groups in total. The summed E-state index contributed by atoms with van der Waals surface area (Å²) in [4.78, 5) is 34.0. The first kappa shape index (κ1) is 101. The third-order valence-electron chi connectivity index (χ3n) is 16.3. The van der Waals surface area contributed by atoms with Crippen LogP contribution in [0.15, 0.2) is 224 Å². The lowest BCUT2D eigenvalue weighted by molar-refractivity contribution is 0.416. The summed E-state index contributed by atoms with van der Waals surface area (Å²) >= 11 is 3.48. The van der Waals surface area contributed by atoms with E-state index in [2.05, 4.69) is 339 Å². The maximum Gasteiger partial charge on any atom is 0.127 e. The zero-order valence-corrected chi connectivity index (χ0v) is 68.1. The number of fused-ring (bicyclic) bond motifs is 4.